The Hall–Kier alpha value is -2.15. The Kier molecular flexibility index (Phi) is 2.69. The van der Waals surface area contributed by atoms with Crippen LogP contribution < -0.4 is 0 Å². The minimum atomic E-state index is 0.249. The summed E-state index contributed by atoms with van der Waals surface area (Å²) in [4.78, 5) is 4.25. The monoisotopic (exact) mass is 212 g/mol. The molecule has 0 aliphatic rings. The van der Waals surface area contributed by atoms with Gasteiger partial charge in [0.05, 0.1) is 11.3 Å². The molecule has 2 rings (SSSR count). The molecule has 2 heterocycles. The van der Waals surface area contributed by atoms with E-state index in [4.69, 9.17) is 5.26 Å². The number of nitriles is 1. The zero-order chi connectivity index (χ0) is 11.5. The van der Waals surface area contributed by atoms with Crippen molar-refractivity contribution in [2.75, 3.05) is 0 Å². The molecule has 2 aromatic rings. The average Bonchev–Trinajstić information content (AvgIpc) is 2.77. The van der Waals surface area contributed by atoms with Gasteiger partial charge < -0.3 is 0 Å². The molecule has 0 saturated carbocycles. The van der Waals surface area contributed by atoms with Gasteiger partial charge in [0.2, 0.25) is 0 Å². The highest BCUT2D eigenvalue weighted by Crippen LogP contribution is 2.22. The van der Waals surface area contributed by atoms with Crippen molar-refractivity contribution in [2.24, 2.45) is 0 Å². The van der Waals surface area contributed by atoms with Crippen molar-refractivity contribution in [3.8, 4) is 17.5 Å². The summed E-state index contributed by atoms with van der Waals surface area (Å²) in [5, 5.41) is 13.3. The summed E-state index contributed by atoms with van der Waals surface area (Å²) >= 11 is 0. The fourth-order valence-electron chi connectivity index (χ4n) is 1.61. The molecule has 0 aliphatic carbocycles. The van der Waals surface area contributed by atoms with Gasteiger partial charge in [0, 0.05) is 18.4 Å². The van der Waals surface area contributed by atoms with Gasteiger partial charge in [-0.3, -0.25) is 9.67 Å². The molecule has 0 aliphatic heterocycles. The molecule has 0 atom stereocenters. The zero-order valence-corrected chi connectivity index (χ0v) is 9.25. The van der Waals surface area contributed by atoms with Crippen LogP contribution in [0.4, 0.5) is 0 Å². The highest BCUT2D eigenvalue weighted by molar-refractivity contribution is 5.62. The van der Waals surface area contributed by atoms with Crippen LogP contribution in [0, 0.1) is 11.3 Å². The summed E-state index contributed by atoms with van der Waals surface area (Å²) in [5.41, 5.74) is 2.15. The van der Waals surface area contributed by atoms with Crippen LogP contribution in [0.25, 0.3) is 11.4 Å². The molecule has 0 spiro atoms. The summed E-state index contributed by atoms with van der Waals surface area (Å²) in [7, 11) is 0. The molecule has 80 valence electrons. The van der Waals surface area contributed by atoms with Gasteiger partial charge in [-0.15, -0.1) is 0 Å². The van der Waals surface area contributed by atoms with Gasteiger partial charge in [-0.1, -0.05) is 0 Å². The first-order valence-electron chi connectivity index (χ1n) is 5.13. The molecule has 4 nitrogen and oxygen atoms in total. The Morgan fingerprint density at radius 1 is 1.31 bits per heavy atom. The van der Waals surface area contributed by atoms with E-state index in [-0.39, 0.29) is 6.04 Å². The molecule has 16 heavy (non-hydrogen) atoms. The summed E-state index contributed by atoms with van der Waals surface area (Å²) < 4.78 is 1.86. The van der Waals surface area contributed by atoms with Crippen molar-refractivity contribution in [2.45, 2.75) is 19.9 Å². The Morgan fingerprint density at radius 3 is 2.81 bits per heavy atom. The topological polar surface area (TPSA) is 54.5 Å². The maximum Gasteiger partial charge on any atom is 0.106 e. The average molecular weight is 212 g/mol. The van der Waals surface area contributed by atoms with E-state index in [1.54, 1.807) is 24.5 Å². The quantitative estimate of drug-likeness (QED) is 0.768. The molecule has 0 saturated heterocycles. The van der Waals surface area contributed by atoms with Crippen molar-refractivity contribution < 1.29 is 0 Å². The van der Waals surface area contributed by atoms with Crippen LogP contribution in [-0.2, 0) is 0 Å². The zero-order valence-electron chi connectivity index (χ0n) is 9.25. The molecule has 0 amide bonds. The Bertz CT molecular complexity index is 534. The molecule has 0 radical (unpaired) electrons. The van der Waals surface area contributed by atoms with Gasteiger partial charge in [0.15, 0.2) is 0 Å². The second kappa shape index (κ2) is 4.15. The van der Waals surface area contributed by atoms with Gasteiger partial charge in [-0.2, -0.15) is 10.4 Å². The standard InChI is InChI=1S/C12H12N4/c1-9(2)16-11(5-7-15-16)12-10(8-13)4-3-6-14-12/h3-7,9H,1-2H3. The van der Waals surface area contributed by atoms with Crippen molar-refractivity contribution in [3.63, 3.8) is 0 Å². The van der Waals surface area contributed by atoms with E-state index in [0.717, 1.165) is 5.69 Å². The molecule has 2 aromatic heterocycles. The third-order valence-corrected chi connectivity index (χ3v) is 2.33. The van der Waals surface area contributed by atoms with E-state index >= 15 is 0 Å². The molecule has 0 fully saturated rings. The number of aromatic nitrogens is 3. The molecule has 0 aromatic carbocycles. The van der Waals surface area contributed by atoms with Crippen molar-refractivity contribution in [1.29, 1.82) is 5.26 Å². The Morgan fingerprint density at radius 2 is 2.12 bits per heavy atom. The molecule has 4 heteroatoms. The minimum absolute atomic E-state index is 0.249. The van der Waals surface area contributed by atoms with E-state index in [2.05, 4.69) is 16.2 Å². The number of hydrogen-bond acceptors (Lipinski definition) is 3. The smallest absolute Gasteiger partial charge is 0.106 e. The van der Waals surface area contributed by atoms with Gasteiger partial charge in [-0.25, -0.2) is 0 Å². The fourth-order valence-corrected chi connectivity index (χ4v) is 1.61. The van der Waals surface area contributed by atoms with Crippen molar-refractivity contribution in [3.05, 3.63) is 36.2 Å². The maximum absolute atomic E-state index is 9.03. The number of pyridine rings is 1. The number of hydrogen-bond donors (Lipinski definition) is 0. The van der Waals surface area contributed by atoms with Gasteiger partial charge >= 0.3 is 0 Å². The number of nitrogens with zero attached hydrogens (tertiary/aromatic N) is 4. The highest BCUT2D eigenvalue weighted by atomic mass is 15.3. The lowest BCUT2D eigenvalue weighted by molar-refractivity contribution is 0.537. The molecule has 0 N–H and O–H groups in total. The lowest BCUT2D eigenvalue weighted by atomic mass is 10.1. The van der Waals surface area contributed by atoms with Crippen LogP contribution in [0.2, 0.25) is 0 Å². The second-order valence-corrected chi connectivity index (χ2v) is 3.77. The van der Waals surface area contributed by atoms with Crippen LogP contribution in [0.5, 0.6) is 0 Å². The van der Waals surface area contributed by atoms with E-state index in [9.17, 15) is 0 Å². The second-order valence-electron chi connectivity index (χ2n) is 3.77. The first kappa shape index (κ1) is 10.4. The predicted molar refractivity (Wildman–Crippen MR) is 60.6 cm³/mol. The van der Waals surface area contributed by atoms with Crippen molar-refractivity contribution in [1.82, 2.24) is 14.8 Å². The summed E-state index contributed by atoms with van der Waals surface area (Å²) in [6, 6.07) is 7.80. The fraction of sp³-hybridized carbons (Fsp3) is 0.250. The molecular weight excluding hydrogens is 200 g/mol. The van der Waals surface area contributed by atoms with Gasteiger partial charge in [-0.05, 0) is 32.0 Å². The van der Waals surface area contributed by atoms with Crippen LogP contribution in [0.15, 0.2) is 30.6 Å². The maximum atomic E-state index is 9.03. The van der Waals surface area contributed by atoms with Crippen LogP contribution in [0.1, 0.15) is 25.5 Å². The minimum Gasteiger partial charge on any atom is -0.261 e. The van der Waals surface area contributed by atoms with Crippen LogP contribution >= 0.6 is 0 Å². The first-order valence-corrected chi connectivity index (χ1v) is 5.13. The van der Waals surface area contributed by atoms with Crippen molar-refractivity contribution >= 4 is 0 Å². The molecule has 0 bridgehead atoms. The van der Waals surface area contributed by atoms with Gasteiger partial charge in [0.1, 0.15) is 11.8 Å². The lowest BCUT2D eigenvalue weighted by Crippen LogP contribution is -2.05. The third kappa shape index (κ3) is 1.68. The van der Waals surface area contributed by atoms with Crippen LogP contribution in [0.3, 0.4) is 0 Å². The normalized spacial score (nSPS) is 10.4. The SMILES string of the molecule is CC(C)n1nccc1-c1ncccc1C#N. The van der Waals surface area contributed by atoms with E-state index in [1.807, 2.05) is 24.6 Å². The largest absolute Gasteiger partial charge is 0.261 e. The molecule has 0 unspecified atom stereocenters. The predicted octanol–water partition coefficient (Wildman–Crippen LogP) is 2.40. The van der Waals surface area contributed by atoms with E-state index < -0.39 is 0 Å². The van der Waals surface area contributed by atoms with Gasteiger partial charge in [0.25, 0.3) is 0 Å². The van der Waals surface area contributed by atoms with Crippen LogP contribution in [-0.4, -0.2) is 14.8 Å². The highest BCUT2D eigenvalue weighted by Gasteiger charge is 2.12. The Balaban J connectivity index is 2.60. The lowest BCUT2D eigenvalue weighted by Gasteiger charge is -2.10. The molecular formula is C12H12N4. The van der Waals surface area contributed by atoms with E-state index in [0.29, 0.717) is 11.3 Å². The summed E-state index contributed by atoms with van der Waals surface area (Å²) in [6.07, 6.45) is 3.42. The third-order valence-electron chi connectivity index (χ3n) is 2.33. The Labute approximate surface area is 94.2 Å². The number of rotatable bonds is 2. The first-order chi connectivity index (χ1) is 7.74. The van der Waals surface area contributed by atoms with E-state index in [1.165, 1.54) is 0 Å². The summed E-state index contributed by atoms with van der Waals surface area (Å²) in [5.74, 6) is 0. The summed E-state index contributed by atoms with van der Waals surface area (Å²) in [6.45, 7) is 4.09.